The maximum absolute atomic E-state index is 6.52. The smallest absolute Gasteiger partial charge is 0.227 e. The number of pyridine rings is 1. The molecule has 3 N–H and O–H groups in total. The van der Waals surface area contributed by atoms with Crippen LogP contribution in [0.15, 0.2) is 55.0 Å². The van der Waals surface area contributed by atoms with Crippen molar-refractivity contribution in [3.05, 3.63) is 65.6 Å². The van der Waals surface area contributed by atoms with E-state index in [1.54, 1.807) is 24.0 Å². The number of halogens is 1. The Kier molecular flexibility index (Phi) is 7.27. The molecule has 192 valence electrons. The Labute approximate surface area is 221 Å². The summed E-state index contributed by atoms with van der Waals surface area (Å²) in [6.45, 7) is 2.39. The van der Waals surface area contributed by atoms with Crippen LogP contribution in [0, 0.1) is 0 Å². The molecular formula is C27H31ClN8O. The van der Waals surface area contributed by atoms with E-state index in [9.17, 15) is 0 Å². The van der Waals surface area contributed by atoms with Crippen molar-refractivity contribution < 1.29 is 4.74 Å². The molecule has 4 aromatic rings. The lowest BCUT2D eigenvalue weighted by Crippen LogP contribution is -2.31. The van der Waals surface area contributed by atoms with Crippen LogP contribution < -0.4 is 20.7 Å². The Bertz CT molecular complexity index is 1430. The molecule has 1 fully saturated rings. The molecule has 0 aliphatic carbocycles. The predicted octanol–water partition coefficient (Wildman–Crippen LogP) is 4.31. The van der Waals surface area contributed by atoms with Crippen molar-refractivity contribution >= 4 is 40.5 Å². The predicted molar refractivity (Wildman–Crippen MR) is 150 cm³/mol. The molecule has 1 aromatic carbocycles. The van der Waals surface area contributed by atoms with Crippen molar-refractivity contribution in [2.24, 2.45) is 5.73 Å². The molecule has 5 rings (SSSR count). The molecule has 1 aliphatic rings. The number of fused-ring (bicyclic) bond motifs is 1. The van der Waals surface area contributed by atoms with Crippen LogP contribution in [-0.2, 0) is 0 Å². The Balaban J connectivity index is 1.51. The van der Waals surface area contributed by atoms with Gasteiger partial charge >= 0.3 is 0 Å². The molecule has 0 radical (unpaired) electrons. The van der Waals surface area contributed by atoms with E-state index in [1.807, 2.05) is 30.5 Å². The number of nitrogens with one attached hydrogen (secondary N) is 1. The molecule has 1 atom stereocenters. The third kappa shape index (κ3) is 5.11. The van der Waals surface area contributed by atoms with Crippen molar-refractivity contribution in [2.45, 2.75) is 12.5 Å². The third-order valence-corrected chi connectivity index (χ3v) is 6.97. The highest BCUT2D eigenvalue weighted by atomic mass is 35.5. The maximum atomic E-state index is 6.52. The fourth-order valence-electron chi connectivity index (χ4n) is 4.69. The van der Waals surface area contributed by atoms with Gasteiger partial charge in [0.05, 0.1) is 41.4 Å². The van der Waals surface area contributed by atoms with Gasteiger partial charge in [-0.3, -0.25) is 0 Å². The highest BCUT2D eigenvalue weighted by molar-refractivity contribution is 6.33. The summed E-state index contributed by atoms with van der Waals surface area (Å²) in [6, 6.07) is 10.5. The monoisotopic (exact) mass is 518 g/mol. The molecule has 0 unspecified atom stereocenters. The Morgan fingerprint density at radius 2 is 2.14 bits per heavy atom. The molecule has 4 heterocycles. The van der Waals surface area contributed by atoms with Gasteiger partial charge in [-0.25, -0.2) is 14.5 Å². The summed E-state index contributed by atoms with van der Waals surface area (Å²) in [6.07, 6.45) is 10.4. The lowest BCUT2D eigenvalue weighted by Gasteiger charge is -2.25. The number of rotatable bonds is 8. The average Bonchev–Trinajstić information content (AvgIpc) is 3.57. The van der Waals surface area contributed by atoms with Crippen molar-refractivity contribution in [1.29, 1.82) is 0 Å². The zero-order valence-corrected chi connectivity index (χ0v) is 22.0. The molecule has 0 bridgehead atoms. The Hall–Kier alpha value is -3.66. The number of methoxy groups -OCH3 is 1. The number of ether oxygens (including phenoxy) is 1. The summed E-state index contributed by atoms with van der Waals surface area (Å²) >= 11 is 6.52. The standard InChI is InChI=1S/C27H31ClN8O/c1-34(2)19-9-12-35(17-19)24-14-25(37-3)22(13-18(24)7-6-10-29)32-27-30-16-21(28)26(33-27)20-15-31-36-11-5-4-8-23(20)36/h4-8,11,13-16,19H,9-10,12,17,29H2,1-3H3,(H,30,32,33)/t19-/m0/s1. The van der Waals surface area contributed by atoms with Crippen LogP contribution in [-0.4, -0.2) is 71.4 Å². The minimum Gasteiger partial charge on any atom is -0.494 e. The van der Waals surface area contributed by atoms with Crippen LogP contribution in [0.5, 0.6) is 5.75 Å². The molecule has 0 amide bonds. The molecular weight excluding hydrogens is 488 g/mol. The highest BCUT2D eigenvalue weighted by Crippen LogP contribution is 2.38. The van der Waals surface area contributed by atoms with E-state index in [0.29, 0.717) is 35.0 Å². The molecule has 10 heteroatoms. The second-order valence-corrected chi connectivity index (χ2v) is 9.61. The second kappa shape index (κ2) is 10.8. The van der Waals surface area contributed by atoms with Crippen molar-refractivity contribution in [3.63, 3.8) is 0 Å². The van der Waals surface area contributed by atoms with Gasteiger partial charge in [-0.1, -0.05) is 29.8 Å². The topological polar surface area (TPSA) is 96.8 Å². The molecule has 0 saturated carbocycles. The quantitative estimate of drug-likeness (QED) is 0.356. The van der Waals surface area contributed by atoms with E-state index in [1.165, 1.54) is 0 Å². The van der Waals surface area contributed by atoms with Gasteiger partial charge in [0.25, 0.3) is 0 Å². The van der Waals surface area contributed by atoms with Gasteiger partial charge < -0.3 is 25.6 Å². The number of nitrogens with zero attached hydrogens (tertiary/aromatic N) is 6. The lowest BCUT2D eigenvalue weighted by molar-refractivity contribution is 0.315. The number of likely N-dealkylation sites (N-methyl/N-ethyl adjacent to an activating group) is 1. The van der Waals surface area contributed by atoms with E-state index < -0.39 is 0 Å². The van der Waals surface area contributed by atoms with Gasteiger partial charge in [-0.15, -0.1) is 0 Å². The van der Waals surface area contributed by atoms with Gasteiger partial charge in [0, 0.05) is 49.2 Å². The summed E-state index contributed by atoms with van der Waals surface area (Å²) in [7, 11) is 5.92. The summed E-state index contributed by atoms with van der Waals surface area (Å²) in [4.78, 5) is 13.8. The number of nitrogens with two attached hydrogens (primary N) is 1. The van der Waals surface area contributed by atoms with Crippen LogP contribution >= 0.6 is 11.6 Å². The highest BCUT2D eigenvalue weighted by Gasteiger charge is 2.26. The average molecular weight is 519 g/mol. The summed E-state index contributed by atoms with van der Waals surface area (Å²) in [5.41, 5.74) is 11.0. The van der Waals surface area contributed by atoms with Crippen LogP contribution in [0.25, 0.3) is 22.9 Å². The maximum Gasteiger partial charge on any atom is 0.227 e. The summed E-state index contributed by atoms with van der Waals surface area (Å²) in [5, 5.41) is 8.20. The molecule has 1 aliphatic heterocycles. The number of aromatic nitrogens is 4. The first-order chi connectivity index (χ1) is 18.0. The van der Waals surface area contributed by atoms with Crippen LogP contribution in [0.1, 0.15) is 12.0 Å². The second-order valence-electron chi connectivity index (χ2n) is 9.21. The van der Waals surface area contributed by atoms with Crippen LogP contribution in [0.2, 0.25) is 5.02 Å². The third-order valence-electron chi connectivity index (χ3n) is 6.69. The van der Waals surface area contributed by atoms with Crippen molar-refractivity contribution in [1.82, 2.24) is 24.5 Å². The minimum absolute atomic E-state index is 0.406. The fraction of sp³-hybridized carbons (Fsp3) is 0.296. The van der Waals surface area contributed by atoms with E-state index >= 15 is 0 Å². The lowest BCUT2D eigenvalue weighted by atomic mass is 10.1. The van der Waals surface area contributed by atoms with E-state index in [4.69, 9.17) is 27.1 Å². The van der Waals surface area contributed by atoms with Crippen LogP contribution in [0.3, 0.4) is 0 Å². The van der Waals surface area contributed by atoms with Gasteiger partial charge in [0.2, 0.25) is 5.95 Å². The molecule has 37 heavy (non-hydrogen) atoms. The van der Waals surface area contributed by atoms with Crippen molar-refractivity contribution in [2.75, 3.05) is 51.1 Å². The van der Waals surface area contributed by atoms with E-state index in [0.717, 1.165) is 47.5 Å². The normalized spacial score (nSPS) is 15.8. The van der Waals surface area contributed by atoms with Gasteiger partial charge in [-0.05, 0) is 44.3 Å². The number of hydrogen-bond donors (Lipinski definition) is 2. The Morgan fingerprint density at radius 3 is 2.89 bits per heavy atom. The first kappa shape index (κ1) is 25.0. The Morgan fingerprint density at radius 1 is 1.27 bits per heavy atom. The van der Waals surface area contributed by atoms with Crippen molar-refractivity contribution in [3.8, 4) is 17.0 Å². The SMILES string of the molecule is COc1cc(N2CC[C@H](N(C)C)C2)c(C=CCN)cc1Nc1ncc(Cl)c(-c2cnn3ccccc23)n1. The van der Waals surface area contributed by atoms with E-state index in [2.05, 4.69) is 57.5 Å². The number of anilines is 3. The molecule has 1 saturated heterocycles. The minimum atomic E-state index is 0.406. The zero-order valence-electron chi connectivity index (χ0n) is 21.2. The number of hydrogen-bond acceptors (Lipinski definition) is 8. The van der Waals surface area contributed by atoms with Crippen LogP contribution in [0.4, 0.5) is 17.3 Å². The fourth-order valence-corrected chi connectivity index (χ4v) is 4.88. The number of benzene rings is 1. The summed E-state index contributed by atoms with van der Waals surface area (Å²) < 4.78 is 7.58. The summed E-state index contributed by atoms with van der Waals surface area (Å²) in [5.74, 6) is 1.10. The van der Waals surface area contributed by atoms with E-state index in [-0.39, 0.29) is 0 Å². The van der Waals surface area contributed by atoms with Gasteiger partial charge in [0.15, 0.2) is 0 Å². The molecule has 9 nitrogen and oxygen atoms in total. The first-order valence-electron chi connectivity index (χ1n) is 12.2. The largest absolute Gasteiger partial charge is 0.494 e. The first-order valence-corrected chi connectivity index (χ1v) is 12.6. The van der Waals surface area contributed by atoms with Gasteiger partial charge in [-0.2, -0.15) is 5.10 Å². The molecule has 3 aromatic heterocycles. The van der Waals surface area contributed by atoms with Gasteiger partial charge in [0.1, 0.15) is 5.75 Å². The zero-order chi connectivity index (χ0) is 25.9. The molecule has 0 spiro atoms.